The van der Waals surface area contributed by atoms with E-state index in [9.17, 15) is 0 Å². The minimum Gasteiger partial charge on any atom is -0.422 e. The number of oxazole rings is 1. The zero-order valence-electron chi connectivity index (χ0n) is 10.8. The molecular weight excluding hydrogens is 240 g/mol. The lowest BCUT2D eigenvalue weighted by atomic mass is 10.2. The van der Waals surface area contributed by atoms with Gasteiger partial charge in [-0.15, -0.1) is 0 Å². The van der Waals surface area contributed by atoms with Crippen molar-refractivity contribution in [3.05, 3.63) is 47.5 Å². The van der Waals surface area contributed by atoms with Crippen molar-refractivity contribution in [3.63, 3.8) is 0 Å². The Bertz CT molecular complexity index is 608. The van der Waals surface area contributed by atoms with E-state index in [2.05, 4.69) is 15.5 Å². The number of nitrogens with one attached hydrogen (secondary N) is 1. The van der Waals surface area contributed by atoms with Crippen LogP contribution in [0.3, 0.4) is 0 Å². The highest BCUT2D eigenvalue weighted by molar-refractivity contribution is 5.79. The smallest absolute Gasteiger partial charge is 0.252 e. The van der Waals surface area contributed by atoms with Gasteiger partial charge < -0.3 is 4.42 Å². The summed E-state index contributed by atoms with van der Waals surface area (Å²) in [4.78, 5) is 4.09. The standard InChI is InChI=1S/C14H14N4O/c1-10(2)13-17-12(8-15)14(19-13)18-16-9-11-6-4-3-5-7-11/h3-7,9-10,18H,1-2H3/b16-9-. The summed E-state index contributed by atoms with van der Waals surface area (Å²) in [7, 11) is 0. The van der Waals surface area contributed by atoms with Crippen LogP contribution in [0.25, 0.3) is 0 Å². The van der Waals surface area contributed by atoms with E-state index in [-0.39, 0.29) is 17.5 Å². The highest BCUT2D eigenvalue weighted by Gasteiger charge is 2.14. The van der Waals surface area contributed by atoms with Crippen LogP contribution in [0.1, 0.15) is 36.9 Å². The Morgan fingerprint density at radius 2 is 2.11 bits per heavy atom. The first kappa shape index (κ1) is 12.8. The van der Waals surface area contributed by atoms with Gasteiger partial charge in [-0.25, -0.2) is 10.4 Å². The second-order valence-electron chi connectivity index (χ2n) is 4.28. The average Bonchev–Trinajstić information content (AvgIpc) is 2.83. The minimum atomic E-state index is 0.126. The summed E-state index contributed by atoms with van der Waals surface area (Å²) < 4.78 is 5.45. The molecular formula is C14H14N4O. The van der Waals surface area contributed by atoms with Crippen LogP contribution in [0.4, 0.5) is 5.88 Å². The average molecular weight is 254 g/mol. The Balaban J connectivity index is 2.11. The van der Waals surface area contributed by atoms with Gasteiger partial charge in [-0.1, -0.05) is 44.2 Å². The van der Waals surface area contributed by atoms with E-state index < -0.39 is 0 Å². The van der Waals surface area contributed by atoms with Crippen LogP contribution in [0.5, 0.6) is 0 Å². The Morgan fingerprint density at radius 3 is 2.74 bits per heavy atom. The fraction of sp³-hybridized carbons (Fsp3) is 0.214. The van der Waals surface area contributed by atoms with Gasteiger partial charge >= 0.3 is 0 Å². The number of hydrogen-bond acceptors (Lipinski definition) is 5. The molecule has 0 bridgehead atoms. The maximum atomic E-state index is 8.97. The molecule has 0 unspecified atom stereocenters. The summed E-state index contributed by atoms with van der Waals surface area (Å²) in [6.45, 7) is 3.90. The summed E-state index contributed by atoms with van der Waals surface area (Å²) in [6.07, 6.45) is 1.65. The molecule has 0 aliphatic carbocycles. The first-order valence-electron chi connectivity index (χ1n) is 5.95. The van der Waals surface area contributed by atoms with E-state index in [4.69, 9.17) is 9.68 Å². The topological polar surface area (TPSA) is 74.2 Å². The molecule has 0 spiro atoms. The number of hydrazone groups is 1. The first-order valence-corrected chi connectivity index (χ1v) is 5.95. The molecule has 0 amide bonds. The maximum absolute atomic E-state index is 8.97. The molecule has 0 aliphatic heterocycles. The van der Waals surface area contributed by atoms with Crippen molar-refractivity contribution in [3.8, 4) is 6.07 Å². The van der Waals surface area contributed by atoms with Gasteiger partial charge in [0, 0.05) is 5.92 Å². The summed E-state index contributed by atoms with van der Waals surface area (Å²) in [5.41, 5.74) is 3.88. The van der Waals surface area contributed by atoms with Crippen molar-refractivity contribution in [1.82, 2.24) is 4.98 Å². The number of rotatable bonds is 4. The van der Waals surface area contributed by atoms with Crippen molar-refractivity contribution in [2.24, 2.45) is 5.10 Å². The molecule has 5 nitrogen and oxygen atoms in total. The predicted octanol–water partition coefficient (Wildman–Crippen LogP) is 3.12. The molecule has 19 heavy (non-hydrogen) atoms. The SMILES string of the molecule is CC(C)c1nc(C#N)c(N/N=C\c2ccccc2)o1. The van der Waals surface area contributed by atoms with Gasteiger partial charge in [0.1, 0.15) is 6.07 Å². The Hall–Kier alpha value is -2.61. The zero-order chi connectivity index (χ0) is 13.7. The molecule has 2 rings (SSSR count). The molecule has 0 saturated carbocycles. The molecule has 5 heteroatoms. The first-order chi connectivity index (χ1) is 9.20. The Labute approximate surface area is 111 Å². The Kier molecular flexibility index (Phi) is 3.94. The fourth-order valence-corrected chi connectivity index (χ4v) is 1.44. The Morgan fingerprint density at radius 1 is 1.37 bits per heavy atom. The van der Waals surface area contributed by atoms with Gasteiger partial charge in [0.25, 0.3) is 5.88 Å². The number of benzene rings is 1. The molecule has 1 N–H and O–H groups in total. The quantitative estimate of drug-likeness (QED) is 0.672. The summed E-state index contributed by atoms with van der Waals surface area (Å²) in [6, 6.07) is 11.6. The normalized spacial score (nSPS) is 10.8. The van der Waals surface area contributed by atoms with Gasteiger partial charge in [0.05, 0.1) is 6.21 Å². The molecule has 2 aromatic rings. The van der Waals surface area contributed by atoms with E-state index in [0.717, 1.165) is 5.56 Å². The second kappa shape index (κ2) is 5.83. The van der Waals surface area contributed by atoms with Crippen LogP contribution in [0.15, 0.2) is 39.9 Å². The number of nitriles is 1. The van der Waals surface area contributed by atoms with Gasteiger partial charge in [0.2, 0.25) is 11.6 Å². The second-order valence-corrected chi connectivity index (χ2v) is 4.28. The largest absolute Gasteiger partial charge is 0.422 e. The molecule has 0 aliphatic rings. The predicted molar refractivity (Wildman–Crippen MR) is 73.0 cm³/mol. The maximum Gasteiger partial charge on any atom is 0.252 e. The molecule has 0 radical (unpaired) electrons. The monoisotopic (exact) mass is 254 g/mol. The zero-order valence-corrected chi connectivity index (χ0v) is 10.8. The molecule has 0 saturated heterocycles. The van der Waals surface area contributed by atoms with E-state index in [0.29, 0.717) is 5.89 Å². The van der Waals surface area contributed by atoms with Crippen LogP contribution < -0.4 is 5.43 Å². The van der Waals surface area contributed by atoms with E-state index >= 15 is 0 Å². The molecule has 1 aromatic carbocycles. The van der Waals surface area contributed by atoms with E-state index in [1.807, 2.05) is 50.2 Å². The van der Waals surface area contributed by atoms with Crippen LogP contribution in [0, 0.1) is 11.3 Å². The summed E-state index contributed by atoms with van der Waals surface area (Å²) >= 11 is 0. The van der Waals surface area contributed by atoms with Crippen LogP contribution in [-0.2, 0) is 0 Å². The summed E-state index contributed by atoms with van der Waals surface area (Å²) in [5, 5.41) is 13.0. The minimum absolute atomic E-state index is 0.126. The number of anilines is 1. The third-order valence-electron chi connectivity index (χ3n) is 2.42. The van der Waals surface area contributed by atoms with Crippen LogP contribution in [-0.4, -0.2) is 11.2 Å². The number of nitrogens with zero attached hydrogens (tertiary/aromatic N) is 3. The van der Waals surface area contributed by atoms with Crippen molar-refractivity contribution < 1.29 is 4.42 Å². The molecule has 0 atom stereocenters. The molecule has 1 aromatic heterocycles. The van der Waals surface area contributed by atoms with E-state index in [1.165, 1.54) is 0 Å². The van der Waals surface area contributed by atoms with Gasteiger partial charge in [-0.05, 0) is 5.56 Å². The summed E-state index contributed by atoms with van der Waals surface area (Å²) in [5.74, 6) is 0.924. The third kappa shape index (κ3) is 3.19. The number of hydrogen-bond donors (Lipinski definition) is 1. The van der Waals surface area contributed by atoms with Crippen molar-refractivity contribution >= 4 is 12.1 Å². The van der Waals surface area contributed by atoms with Crippen molar-refractivity contribution in [2.45, 2.75) is 19.8 Å². The van der Waals surface area contributed by atoms with Crippen molar-refractivity contribution in [1.29, 1.82) is 5.26 Å². The van der Waals surface area contributed by atoms with Gasteiger partial charge in [-0.2, -0.15) is 10.4 Å². The lowest BCUT2D eigenvalue weighted by Crippen LogP contribution is -1.91. The van der Waals surface area contributed by atoms with E-state index in [1.54, 1.807) is 6.21 Å². The van der Waals surface area contributed by atoms with Crippen molar-refractivity contribution in [2.75, 3.05) is 5.43 Å². The van der Waals surface area contributed by atoms with Gasteiger partial charge in [-0.3, -0.25) is 0 Å². The van der Waals surface area contributed by atoms with Crippen LogP contribution >= 0.6 is 0 Å². The lowest BCUT2D eigenvalue weighted by molar-refractivity contribution is 0.481. The number of aromatic nitrogens is 1. The van der Waals surface area contributed by atoms with Crippen LogP contribution in [0.2, 0.25) is 0 Å². The highest BCUT2D eigenvalue weighted by atomic mass is 16.4. The fourth-order valence-electron chi connectivity index (χ4n) is 1.44. The lowest BCUT2D eigenvalue weighted by Gasteiger charge is -1.96. The molecule has 1 heterocycles. The van der Waals surface area contributed by atoms with Gasteiger partial charge in [0.15, 0.2) is 0 Å². The molecule has 0 fully saturated rings. The highest BCUT2D eigenvalue weighted by Crippen LogP contribution is 2.21. The third-order valence-corrected chi connectivity index (χ3v) is 2.42. The molecule has 96 valence electrons.